The molecule has 2 aromatic rings. The lowest BCUT2D eigenvalue weighted by Gasteiger charge is -2.34. The molecule has 2 aromatic carbocycles. The van der Waals surface area contributed by atoms with E-state index in [0.29, 0.717) is 10.6 Å². The summed E-state index contributed by atoms with van der Waals surface area (Å²) in [7, 11) is 0. The number of hydrogen-bond donors (Lipinski definition) is 3. The first kappa shape index (κ1) is 18.4. The molecule has 0 spiro atoms. The summed E-state index contributed by atoms with van der Waals surface area (Å²) in [5.74, 6) is -1.36. The fourth-order valence-electron chi connectivity index (χ4n) is 2.90. The van der Waals surface area contributed by atoms with Crippen molar-refractivity contribution < 1.29 is 14.5 Å². The van der Waals surface area contributed by atoms with Gasteiger partial charge < -0.3 is 16.0 Å². The van der Waals surface area contributed by atoms with Crippen LogP contribution in [0.5, 0.6) is 0 Å². The van der Waals surface area contributed by atoms with E-state index >= 15 is 0 Å². The number of nitrogens with one attached hydrogen (secondary N) is 3. The summed E-state index contributed by atoms with van der Waals surface area (Å²) in [5, 5.41) is 19.1. The number of carbonyl (C=O) groups is 2. The van der Waals surface area contributed by atoms with Gasteiger partial charge in [0.2, 0.25) is 5.91 Å². The lowest BCUT2D eigenvalue weighted by atomic mass is 9.88. The van der Waals surface area contributed by atoms with Gasteiger partial charge in [-0.05, 0) is 17.7 Å². The Bertz CT molecular complexity index is 946. The Balaban J connectivity index is 1.91. The van der Waals surface area contributed by atoms with Crippen LogP contribution >= 0.6 is 11.6 Å². The molecule has 0 radical (unpaired) electrons. The Kier molecular flexibility index (Phi) is 5.09. The largest absolute Gasteiger partial charge is 0.330 e. The second-order valence-electron chi connectivity index (χ2n) is 5.90. The van der Waals surface area contributed by atoms with E-state index in [9.17, 15) is 19.7 Å². The van der Waals surface area contributed by atoms with Crippen molar-refractivity contribution >= 4 is 34.9 Å². The fourth-order valence-corrected chi connectivity index (χ4v) is 3.15. The highest BCUT2D eigenvalue weighted by Crippen LogP contribution is 2.34. The minimum absolute atomic E-state index is 0.149. The van der Waals surface area contributed by atoms with E-state index in [0.717, 1.165) is 0 Å². The van der Waals surface area contributed by atoms with Crippen molar-refractivity contribution in [1.82, 2.24) is 10.6 Å². The first-order valence-electron chi connectivity index (χ1n) is 7.93. The summed E-state index contributed by atoms with van der Waals surface area (Å²) in [6.07, 6.45) is 0. The summed E-state index contributed by atoms with van der Waals surface area (Å²) >= 11 is 6.23. The number of hydrogen-bond acceptors (Lipinski definition) is 4. The van der Waals surface area contributed by atoms with Crippen molar-refractivity contribution in [3.05, 3.63) is 81.5 Å². The molecule has 9 heteroatoms. The van der Waals surface area contributed by atoms with Crippen LogP contribution in [-0.4, -0.2) is 16.9 Å². The quantitative estimate of drug-likeness (QED) is 0.552. The summed E-state index contributed by atoms with van der Waals surface area (Å²) < 4.78 is 0. The normalized spacial score (nSPS) is 19.0. The first-order chi connectivity index (χ1) is 12.9. The molecule has 0 aliphatic carbocycles. The van der Waals surface area contributed by atoms with Gasteiger partial charge in [0.05, 0.1) is 11.0 Å². The molecule has 1 saturated heterocycles. The Morgan fingerprint density at radius 1 is 1.22 bits per heavy atom. The maximum absolute atomic E-state index is 12.9. The molecule has 2 atom stereocenters. The zero-order valence-corrected chi connectivity index (χ0v) is 14.7. The number of urea groups is 1. The highest BCUT2D eigenvalue weighted by atomic mass is 35.5. The number of carbonyl (C=O) groups excluding carboxylic acids is 2. The highest BCUT2D eigenvalue weighted by molar-refractivity contribution is 6.31. The molecule has 27 heavy (non-hydrogen) atoms. The molecule has 1 fully saturated rings. The number of nitrogens with zero attached hydrogens (tertiary/aromatic N) is 1. The van der Waals surface area contributed by atoms with E-state index in [-0.39, 0.29) is 17.1 Å². The van der Waals surface area contributed by atoms with E-state index in [1.165, 1.54) is 24.3 Å². The number of benzene rings is 2. The van der Waals surface area contributed by atoms with Crippen LogP contribution in [0.3, 0.4) is 0 Å². The third-order valence-electron chi connectivity index (χ3n) is 4.12. The third-order valence-corrected chi connectivity index (χ3v) is 4.46. The van der Waals surface area contributed by atoms with Crippen LogP contribution in [-0.2, 0) is 4.79 Å². The van der Waals surface area contributed by atoms with Crippen molar-refractivity contribution in [1.29, 1.82) is 0 Å². The highest BCUT2D eigenvalue weighted by Gasteiger charge is 2.38. The molecule has 1 heterocycles. The number of nitro benzene ring substituents is 1. The zero-order valence-electron chi connectivity index (χ0n) is 13.9. The average molecular weight is 387 g/mol. The van der Waals surface area contributed by atoms with Crippen LogP contribution in [0.1, 0.15) is 11.6 Å². The topological polar surface area (TPSA) is 113 Å². The van der Waals surface area contributed by atoms with Crippen LogP contribution in [0.25, 0.3) is 0 Å². The van der Waals surface area contributed by atoms with Gasteiger partial charge in [-0.25, -0.2) is 4.79 Å². The monoisotopic (exact) mass is 386 g/mol. The number of nitro groups is 1. The van der Waals surface area contributed by atoms with Crippen LogP contribution in [0.4, 0.5) is 16.2 Å². The molecule has 1 aliphatic heterocycles. The maximum Gasteiger partial charge on any atom is 0.319 e. The standard InChI is InChI=1S/C18H15ClN4O4/c1-10-15(17(24)21-11-5-4-6-12(9-11)23(26)27)16(22-18(25)20-10)13-7-2-3-8-14(13)19/h2-9,15-16H,1H2,(H,21,24)(H2,20,22,25)/t15-,16-/m1/s1. The molecule has 0 bridgehead atoms. The second-order valence-corrected chi connectivity index (χ2v) is 6.30. The van der Waals surface area contributed by atoms with Gasteiger partial charge in [0.25, 0.3) is 5.69 Å². The van der Waals surface area contributed by atoms with Crippen LogP contribution in [0.2, 0.25) is 5.02 Å². The number of rotatable bonds is 4. The Labute approximate surface area is 159 Å². The molecule has 3 rings (SSSR count). The number of halogens is 1. The Hall–Kier alpha value is -3.39. The number of non-ortho nitro benzene ring substituents is 1. The predicted octanol–water partition coefficient (Wildman–Crippen LogP) is 3.37. The van der Waals surface area contributed by atoms with Crippen LogP contribution < -0.4 is 16.0 Å². The summed E-state index contributed by atoms with van der Waals surface area (Å²) in [6.45, 7) is 3.78. The lowest BCUT2D eigenvalue weighted by Crippen LogP contribution is -2.51. The first-order valence-corrected chi connectivity index (χ1v) is 8.30. The van der Waals surface area contributed by atoms with Crippen LogP contribution in [0.15, 0.2) is 60.8 Å². The van der Waals surface area contributed by atoms with Crippen molar-refractivity contribution in [3.63, 3.8) is 0 Å². The average Bonchev–Trinajstić information content (AvgIpc) is 2.61. The summed E-state index contributed by atoms with van der Waals surface area (Å²) in [5.41, 5.74) is 0.877. The summed E-state index contributed by atoms with van der Waals surface area (Å²) in [4.78, 5) is 35.1. The molecule has 0 unspecified atom stereocenters. The molecule has 3 amide bonds. The van der Waals surface area contributed by atoms with Gasteiger partial charge in [-0.15, -0.1) is 0 Å². The Morgan fingerprint density at radius 3 is 2.67 bits per heavy atom. The van der Waals surface area contributed by atoms with E-state index in [1.807, 2.05) is 0 Å². The van der Waals surface area contributed by atoms with E-state index in [2.05, 4.69) is 22.5 Å². The van der Waals surface area contributed by atoms with Crippen molar-refractivity contribution in [3.8, 4) is 0 Å². The van der Waals surface area contributed by atoms with Gasteiger partial charge in [0.1, 0.15) is 5.92 Å². The van der Waals surface area contributed by atoms with E-state index in [4.69, 9.17) is 11.6 Å². The van der Waals surface area contributed by atoms with Gasteiger partial charge in [-0.1, -0.05) is 42.4 Å². The molecule has 1 aliphatic rings. The molecule has 3 N–H and O–H groups in total. The molecule has 138 valence electrons. The van der Waals surface area contributed by atoms with Gasteiger partial charge in [-0.2, -0.15) is 0 Å². The second kappa shape index (κ2) is 7.46. The molecular formula is C18H15ClN4O4. The fraction of sp³-hybridized carbons (Fsp3) is 0.111. The minimum atomic E-state index is -0.873. The minimum Gasteiger partial charge on any atom is -0.330 e. The van der Waals surface area contributed by atoms with Gasteiger partial charge in [-0.3, -0.25) is 14.9 Å². The van der Waals surface area contributed by atoms with Gasteiger partial charge in [0.15, 0.2) is 0 Å². The van der Waals surface area contributed by atoms with Crippen molar-refractivity contribution in [2.45, 2.75) is 6.04 Å². The van der Waals surface area contributed by atoms with Crippen LogP contribution in [0, 0.1) is 16.0 Å². The third kappa shape index (κ3) is 3.90. The van der Waals surface area contributed by atoms with Gasteiger partial charge >= 0.3 is 6.03 Å². The number of anilines is 1. The molecule has 0 saturated carbocycles. The smallest absolute Gasteiger partial charge is 0.319 e. The SMILES string of the molecule is C=C1NC(=O)N[C@H](c2ccccc2Cl)[C@@H]1C(=O)Nc1cccc([N+](=O)[O-])c1. The van der Waals surface area contributed by atoms with E-state index in [1.54, 1.807) is 24.3 Å². The lowest BCUT2D eigenvalue weighted by molar-refractivity contribution is -0.384. The molecular weight excluding hydrogens is 372 g/mol. The van der Waals surface area contributed by atoms with Gasteiger partial charge in [0, 0.05) is 28.5 Å². The zero-order chi connectivity index (χ0) is 19.6. The maximum atomic E-state index is 12.9. The van der Waals surface area contributed by atoms with Crippen molar-refractivity contribution in [2.75, 3.05) is 5.32 Å². The summed E-state index contributed by atoms with van der Waals surface area (Å²) in [6, 6.07) is 11.2. The predicted molar refractivity (Wildman–Crippen MR) is 100 cm³/mol. The van der Waals surface area contributed by atoms with E-state index < -0.39 is 28.8 Å². The Morgan fingerprint density at radius 2 is 1.96 bits per heavy atom. The number of amides is 3. The molecule has 8 nitrogen and oxygen atoms in total. The van der Waals surface area contributed by atoms with Crippen molar-refractivity contribution in [2.24, 2.45) is 5.92 Å². The molecule has 0 aromatic heterocycles.